The molecule has 0 unspecified atom stereocenters. The van der Waals surface area contributed by atoms with E-state index in [9.17, 15) is 0 Å². The van der Waals surface area contributed by atoms with Crippen LogP contribution in [0.25, 0.3) is 0 Å². The van der Waals surface area contributed by atoms with Gasteiger partial charge >= 0.3 is 0 Å². The quantitative estimate of drug-likeness (QED) is 0.439. The Hall–Kier alpha value is -0.0800. The van der Waals surface area contributed by atoms with Gasteiger partial charge in [-0.1, -0.05) is 12.8 Å². The lowest BCUT2D eigenvalue weighted by Gasteiger charge is -2.02. The van der Waals surface area contributed by atoms with Gasteiger partial charge in [-0.05, 0) is 18.8 Å². The minimum atomic E-state index is 0.542. The van der Waals surface area contributed by atoms with Crippen LogP contribution < -0.4 is 0 Å². The van der Waals surface area contributed by atoms with Gasteiger partial charge in [-0.25, -0.2) is 4.89 Å². The Morgan fingerprint density at radius 2 is 2.00 bits per heavy atom. The van der Waals surface area contributed by atoms with E-state index in [2.05, 4.69) is 4.89 Å². The molecule has 0 aliphatic heterocycles. The third kappa shape index (κ3) is 1.46. The van der Waals surface area contributed by atoms with E-state index in [1.54, 1.807) is 0 Å². The lowest BCUT2D eigenvalue weighted by molar-refractivity contribution is -0.250. The van der Waals surface area contributed by atoms with Crippen molar-refractivity contribution in [3.8, 4) is 0 Å². The molecule has 8 heavy (non-hydrogen) atoms. The highest BCUT2D eigenvalue weighted by atomic mass is 17.1. The highest BCUT2D eigenvalue weighted by Crippen LogP contribution is 2.24. The highest BCUT2D eigenvalue weighted by molar-refractivity contribution is 4.65. The first-order valence-corrected chi connectivity index (χ1v) is 3.20. The van der Waals surface area contributed by atoms with Gasteiger partial charge in [-0.2, -0.15) is 0 Å². The van der Waals surface area contributed by atoms with Gasteiger partial charge < -0.3 is 0 Å². The van der Waals surface area contributed by atoms with Crippen molar-refractivity contribution < 1.29 is 10.1 Å². The van der Waals surface area contributed by atoms with Crippen LogP contribution in [0.5, 0.6) is 0 Å². The summed E-state index contributed by atoms with van der Waals surface area (Å²) in [5.74, 6) is 0.639. The lowest BCUT2D eigenvalue weighted by Crippen LogP contribution is -2.01. The maximum absolute atomic E-state index is 8.03. The van der Waals surface area contributed by atoms with Crippen LogP contribution in [-0.2, 0) is 4.89 Å². The molecule has 1 N–H and O–H groups in total. The Morgan fingerprint density at radius 1 is 1.38 bits per heavy atom. The number of rotatable bonds is 2. The molecule has 0 atom stereocenters. The van der Waals surface area contributed by atoms with E-state index in [1.165, 1.54) is 25.7 Å². The Balaban J connectivity index is 2.06. The Labute approximate surface area is 49.4 Å². The number of hydrogen-bond acceptors (Lipinski definition) is 2. The molecule has 0 spiro atoms. The van der Waals surface area contributed by atoms with Crippen molar-refractivity contribution in [1.82, 2.24) is 0 Å². The predicted molar refractivity (Wildman–Crippen MR) is 30.5 cm³/mol. The van der Waals surface area contributed by atoms with Crippen LogP contribution in [0, 0.1) is 5.92 Å². The van der Waals surface area contributed by atoms with Crippen molar-refractivity contribution in [3.05, 3.63) is 0 Å². The molecule has 0 saturated heterocycles. The molecule has 1 rings (SSSR count). The largest absolute Gasteiger partial charge is 0.252 e. The van der Waals surface area contributed by atoms with Gasteiger partial charge in [0, 0.05) is 0 Å². The third-order valence-electron chi connectivity index (χ3n) is 1.78. The smallest absolute Gasteiger partial charge is 0.0847 e. The minimum Gasteiger partial charge on any atom is -0.252 e. The summed E-state index contributed by atoms with van der Waals surface area (Å²) in [5, 5.41) is 8.03. The molecule has 2 heteroatoms. The lowest BCUT2D eigenvalue weighted by atomic mass is 10.1. The van der Waals surface area contributed by atoms with Crippen molar-refractivity contribution in [2.24, 2.45) is 5.92 Å². The second kappa shape index (κ2) is 3.05. The van der Waals surface area contributed by atoms with Crippen molar-refractivity contribution >= 4 is 0 Å². The van der Waals surface area contributed by atoms with Crippen LogP contribution in [-0.4, -0.2) is 11.9 Å². The van der Waals surface area contributed by atoms with Gasteiger partial charge in [0.2, 0.25) is 0 Å². The zero-order valence-electron chi connectivity index (χ0n) is 4.97. The monoisotopic (exact) mass is 116 g/mol. The van der Waals surface area contributed by atoms with E-state index in [-0.39, 0.29) is 0 Å². The fourth-order valence-electron chi connectivity index (χ4n) is 1.28. The number of hydrogen-bond donors (Lipinski definition) is 1. The van der Waals surface area contributed by atoms with Gasteiger partial charge in [0.1, 0.15) is 0 Å². The first-order chi connectivity index (χ1) is 3.93. The van der Waals surface area contributed by atoms with Crippen LogP contribution in [0.1, 0.15) is 25.7 Å². The maximum Gasteiger partial charge on any atom is 0.0847 e. The van der Waals surface area contributed by atoms with Gasteiger partial charge in [0.25, 0.3) is 0 Å². The molecule has 1 aliphatic carbocycles. The Kier molecular flexibility index (Phi) is 2.30. The molecule has 1 saturated carbocycles. The molecule has 0 aromatic carbocycles. The molecule has 1 fully saturated rings. The molecule has 0 aromatic rings. The summed E-state index contributed by atoms with van der Waals surface area (Å²) in [4.78, 5) is 4.03. The molecule has 0 aromatic heterocycles. The normalized spacial score (nSPS) is 22.1. The molecule has 0 heterocycles. The molecule has 2 nitrogen and oxygen atoms in total. The minimum absolute atomic E-state index is 0.542. The van der Waals surface area contributed by atoms with Crippen LogP contribution in [0.3, 0.4) is 0 Å². The SMILES string of the molecule is OOCC1CCCC1. The first-order valence-electron chi connectivity index (χ1n) is 3.20. The van der Waals surface area contributed by atoms with Crippen molar-refractivity contribution in [3.63, 3.8) is 0 Å². The average molecular weight is 116 g/mol. The molecule has 1 aliphatic rings. The Bertz CT molecular complexity index is 57.5. The first kappa shape index (κ1) is 6.05. The van der Waals surface area contributed by atoms with Gasteiger partial charge in [0.05, 0.1) is 6.61 Å². The summed E-state index contributed by atoms with van der Waals surface area (Å²) in [5.41, 5.74) is 0. The van der Waals surface area contributed by atoms with Crippen LogP contribution in [0.2, 0.25) is 0 Å². The van der Waals surface area contributed by atoms with E-state index in [1.807, 2.05) is 0 Å². The van der Waals surface area contributed by atoms with Crippen molar-refractivity contribution in [2.45, 2.75) is 25.7 Å². The maximum atomic E-state index is 8.03. The second-order valence-electron chi connectivity index (χ2n) is 2.45. The molecule has 0 bridgehead atoms. The highest BCUT2D eigenvalue weighted by Gasteiger charge is 2.14. The van der Waals surface area contributed by atoms with Crippen LogP contribution in [0.15, 0.2) is 0 Å². The summed E-state index contributed by atoms with van der Waals surface area (Å²) in [6.45, 7) is 0.542. The Morgan fingerprint density at radius 3 is 2.50 bits per heavy atom. The molecule has 0 radical (unpaired) electrons. The summed E-state index contributed by atoms with van der Waals surface area (Å²) in [7, 11) is 0. The predicted octanol–water partition coefficient (Wildman–Crippen LogP) is 1.67. The van der Waals surface area contributed by atoms with E-state index in [4.69, 9.17) is 5.26 Å². The standard InChI is InChI=1S/C6H12O2/c7-8-5-6-3-1-2-4-6/h6-7H,1-5H2. The van der Waals surface area contributed by atoms with Gasteiger partial charge in [-0.3, -0.25) is 5.26 Å². The summed E-state index contributed by atoms with van der Waals surface area (Å²) in [6.07, 6.45) is 5.10. The topological polar surface area (TPSA) is 29.5 Å². The summed E-state index contributed by atoms with van der Waals surface area (Å²) in [6, 6.07) is 0. The average Bonchev–Trinajstić information content (AvgIpc) is 2.19. The third-order valence-corrected chi connectivity index (χ3v) is 1.78. The summed E-state index contributed by atoms with van der Waals surface area (Å²) < 4.78 is 0. The van der Waals surface area contributed by atoms with Crippen molar-refractivity contribution in [1.29, 1.82) is 0 Å². The van der Waals surface area contributed by atoms with E-state index < -0.39 is 0 Å². The fraction of sp³-hybridized carbons (Fsp3) is 1.00. The molecule has 48 valence electrons. The van der Waals surface area contributed by atoms with E-state index in [0.717, 1.165) is 0 Å². The van der Waals surface area contributed by atoms with Crippen LogP contribution >= 0.6 is 0 Å². The fourth-order valence-corrected chi connectivity index (χ4v) is 1.28. The van der Waals surface area contributed by atoms with Crippen LogP contribution in [0.4, 0.5) is 0 Å². The molecular formula is C6H12O2. The molecular weight excluding hydrogens is 104 g/mol. The van der Waals surface area contributed by atoms with E-state index >= 15 is 0 Å². The zero-order valence-corrected chi connectivity index (χ0v) is 4.97. The van der Waals surface area contributed by atoms with Crippen molar-refractivity contribution in [2.75, 3.05) is 6.61 Å². The molecule has 0 amide bonds. The van der Waals surface area contributed by atoms with E-state index in [0.29, 0.717) is 12.5 Å². The summed E-state index contributed by atoms with van der Waals surface area (Å²) >= 11 is 0. The zero-order chi connectivity index (χ0) is 5.82. The second-order valence-corrected chi connectivity index (χ2v) is 2.45. The van der Waals surface area contributed by atoms with Gasteiger partial charge in [0.15, 0.2) is 0 Å². The van der Waals surface area contributed by atoms with Gasteiger partial charge in [-0.15, -0.1) is 0 Å².